The van der Waals surface area contributed by atoms with Crippen LogP contribution in [-0.2, 0) is 9.53 Å². The number of rotatable bonds is 3. The molecule has 0 unspecified atom stereocenters. The summed E-state index contributed by atoms with van der Waals surface area (Å²) >= 11 is 1.54. The maximum atomic E-state index is 12.1. The van der Waals surface area contributed by atoms with Gasteiger partial charge >= 0.3 is 5.97 Å². The van der Waals surface area contributed by atoms with E-state index in [9.17, 15) is 4.79 Å². The molecule has 92 valence electrons. The van der Waals surface area contributed by atoms with Crippen molar-refractivity contribution in [3.63, 3.8) is 0 Å². The Morgan fingerprint density at radius 3 is 3.00 bits per heavy atom. The van der Waals surface area contributed by atoms with Gasteiger partial charge in [0.2, 0.25) is 0 Å². The van der Waals surface area contributed by atoms with Crippen molar-refractivity contribution < 1.29 is 9.53 Å². The average Bonchev–Trinajstić information content (AvgIpc) is 3.05. The molecule has 4 atom stereocenters. The molecule has 1 heterocycles. The fourth-order valence-corrected chi connectivity index (χ4v) is 3.90. The minimum absolute atomic E-state index is 0.0000926. The second-order valence-corrected chi connectivity index (χ2v) is 6.16. The second kappa shape index (κ2) is 4.41. The normalized spacial score (nSPS) is 32.6. The lowest BCUT2D eigenvalue weighted by molar-refractivity contribution is -0.155. The summed E-state index contributed by atoms with van der Waals surface area (Å²) in [7, 11) is 0. The van der Waals surface area contributed by atoms with Crippen molar-refractivity contribution >= 4 is 17.3 Å². The van der Waals surface area contributed by atoms with Gasteiger partial charge in [0.25, 0.3) is 0 Å². The summed E-state index contributed by atoms with van der Waals surface area (Å²) in [6, 6.07) is 0. The zero-order valence-electron chi connectivity index (χ0n) is 9.96. The number of carbonyl (C=O) groups is 1. The van der Waals surface area contributed by atoms with Crippen molar-refractivity contribution in [2.75, 3.05) is 0 Å². The second-order valence-electron chi connectivity index (χ2n) is 5.23. The molecule has 0 saturated heterocycles. The van der Waals surface area contributed by atoms with Gasteiger partial charge in [-0.25, -0.2) is 4.98 Å². The zero-order valence-corrected chi connectivity index (χ0v) is 10.8. The van der Waals surface area contributed by atoms with Crippen LogP contribution < -0.4 is 0 Å². The van der Waals surface area contributed by atoms with Crippen LogP contribution in [-0.4, -0.2) is 11.0 Å². The largest absolute Gasteiger partial charge is 0.455 e. The fourth-order valence-electron chi connectivity index (χ4n) is 3.28. The van der Waals surface area contributed by atoms with E-state index in [1.807, 2.05) is 12.3 Å². The van der Waals surface area contributed by atoms with E-state index in [1.165, 1.54) is 19.3 Å². The predicted octanol–water partition coefficient (Wildman–Crippen LogP) is 3.18. The first-order chi connectivity index (χ1) is 8.24. The molecular formula is C13H17NO2S. The molecule has 0 radical (unpaired) electrons. The highest BCUT2D eigenvalue weighted by Crippen LogP contribution is 2.49. The van der Waals surface area contributed by atoms with Crippen molar-refractivity contribution in [3.05, 3.63) is 16.6 Å². The Labute approximate surface area is 105 Å². The van der Waals surface area contributed by atoms with E-state index in [0.29, 0.717) is 5.92 Å². The van der Waals surface area contributed by atoms with E-state index >= 15 is 0 Å². The Balaban J connectivity index is 1.60. The van der Waals surface area contributed by atoms with Gasteiger partial charge in [0, 0.05) is 11.6 Å². The van der Waals surface area contributed by atoms with Crippen molar-refractivity contribution in [2.45, 2.75) is 38.7 Å². The molecule has 2 aliphatic rings. The summed E-state index contributed by atoms with van der Waals surface area (Å²) < 4.78 is 5.54. The standard InChI is InChI=1S/C13H17NO2S/c1-8(12-14-4-5-17-12)16-13(15)11-7-9-2-3-10(11)6-9/h4-5,8-11H,2-3,6-7H2,1H3/t8-,9+,10+,11-/m1/s1. The van der Waals surface area contributed by atoms with Crippen molar-refractivity contribution in [3.8, 4) is 0 Å². The monoisotopic (exact) mass is 251 g/mol. The van der Waals surface area contributed by atoms with Gasteiger partial charge < -0.3 is 4.74 Å². The maximum absolute atomic E-state index is 12.1. The summed E-state index contributed by atoms with van der Waals surface area (Å²) in [6.07, 6.45) is 6.38. The van der Waals surface area contributed by atoms with Crippen LogP contribution in [0.25, 0.3) is 0 Å². The van der Waals surface area contributed by atoms with Crippen molar-refractivity contribution in [1.29, 1.82) is 0 Å². The molecule has 2 saturated carbocycles. The predicted molar refractivity (Wildman–Crippen MR) is 65.6 cm³/mol. The third-order valence-corrected chi connectivity index (χ3v) is 5.07. The fraction of sp³-hybridized carbons (Fsp3) is 0.692. The van der Waals surface area contributed by atoms with Crippen LogP contribution in [0.2, 0.25) is 0 Å². The van der Waals surface area contributed by atoms with Crippen LogP contribution in [0, 0.1) is 17.8 Å². The number of thiazole rings is 1. The van der Waals surface area contributed by atoms with Crippen LogP contribution in [0.1, 0.15) is 43.7 Å². The number of ether oxygens (including phenoxy) is 1. The average molecular weight is 251 g/mol. The molecule has 1 aromatic heterocycles. The van der Waals surface area contributed by atoms with E-state index in [4.69, 9.17) is 4.74 Å². The van der Waals surface area contributed by atoms with Gasteiger partial charge in [0.15, 0.2) is 6.10 Å². The molecule has 3 nitrogen and oxygen atoms in total. The SMILES string of the molecule is C[C@@H](OC(=O)[C@@H]1C[C@H]2CC[C@H]1C2)c1nccs1. The van der Waals surface area contributed by atoms with Gasteiger partial charge in [-0.05, 0) is 38.0 Å². The Morgan fingerprint density at radius 2 is 2.41 bits per heavy atom. The Bertz CT molecular complexity index is 404. The van der Waals surface area contributed by atoms with Crippen LogP contribution in [0.15, 0.2) is 11.6 Å². The smallest absolute Gasteiger partial charge is 0.309 e. The molecule has 17 heavy (non-hydrogen) atoms. The third kappa shape index (κ3) is 2.10. The molecule has 0 aliphatic heterocycles. The maximum Gasteiger partial charge on any atom is 0.309 e. The minimum Gasteiger partial charge on any atom is -0.455 e. The molecule has 0 aromatic carbocycles. The summed E-state index contributed by atoms with van der Waals surface area (Å²) in [4.78, 5) is 16.3. The van der Waals surface area contributed by atoms with Crippen LogP contribution in [0.3, 0.4) is 0 Å². The molecule has 0 spiro atoms. The first-order valence-electron chi connectivity index (χ1n) is 6.34. The van der Waals surface area contributed by atoms with Gasteiger partial charge in [0.1, 0.15) is 5.01 Å². The highest BCUT2D eigenvalue weighted by atomic mass is 32.1. The molecular weight excluding hydrogens is 234 g/mol. The number of nitrogens with zero attached hydrogens (tertiary/aromatic N) is 1. The van der Waals surface area contributed by atoms with Gasteiger partial charge in [0.05, 0.1) is 5.92 Å². The Hall–Kier alpha value is -0.900. The van der Waals surface area contributed by atoms with Crippen molar-refractivity contribution in [1.82, 2.24) is 4.98 Å². The lowest BCUT2D eigenvalue weighted by Crippen LogP contribution is -2.24. The number of esters is 1. The summed E-state index contributed by atoms with van der Waals surface area (Å²) in [5, 5.41) is 2.80. The van der Waals surface area contributed by atoms with Gasteiger partial charge in [-0.3, -0.25) is 4.79 Å². The molecule has 1 aromatic rings. The quantitative estimate of drug-likeness (QED) is 0.774. The lowest BCUT2D eigenvalue weighted by atomic mass is 9.89. The van der Waals surface area contributed by atoms with E-state index in [0.717, 1.165) is 17.3 Å². The van der Waals surface area contributed by atoms with Crippen LogP contribution in [0.4, 0.5) is 0 Å². The lowest BCUT2D eigenvalue weighted by Gasteiger charge is -2.21. The molecule has 2 bridgehead atoms. The number of hydrogen-bond acceptors (Lipinski definition) is 4. The number of hydrogen-bond donors (Lipinski definition) is 0. The molecule has 3 rings (SSSR count). The zero-order chi connectivity index (χ0) is 11.8. The highest BCUT2D eigenvalue weighted by Gasteiger charge is 2.44. The summed E-state index contributed by atoms with van der Waals surface area (Å²) in [5.74, 6) is 1.54. The number of aromatic nitrogens is 1. The molecule has 2 aliphatic carbocycles. The van der Waals surface area contributed by atoms with Gasteiger partial charge in [-0.2, -0.15) is 0 Å². The Morgan fingerprint density at radius 1 is 1.53 bits per heavy atom. The van der Waals surface area contributed by atoms with E-state index in [1.54, 1.807) is 17.5 Å². The summed E-state index contributed by atoms with van der Waals surface area (Å²) in [6.45, 7) is 1.91. The van der Waals surface area contributed by atoms with Gasteiger partial charge in [-0.15, -0.1) is 11.3 Å². The van der Waals surface area contributed by atoms with E-state index in [-0.39, 0.29) is 18.0 Å². The van der Waals surface area contributed by atoms with Crippen LogP contribution >= 0.6 is 11.3 Å². The Kier molecular flexibility index (Phi) is 2.90. The first kappa shape index (κ1) is 11.2. The molecule has 0 N–H and O–H groups in total. The number of fused-ring (bicyclic) bond motifs is 2. The summed E-state index contributed by atoms with van der Waals surface area (Å²) in [5.41, 5.74) is 0. The van der Waals surface area contributed by atoms with Gasteiger partial charge in [-0.1, -0.05) is 6.42 Å². The van der Waals surface area contributed by atoms with Crippen molar-refractivity contribution in [2.24, 2.45) is 17.8 Å². The topological polar surface area (TPSA) is 39.2 Å². The highest BCUT2D eigenvalue weighted by molar-refractivity contribution is 7.09. The molecule has 0 amide bonds. The number of carbonyl (C=O) groups excluding carboxylic acids is 1. The van der Waals surface area contributed by atoms with Crippen LogP contribution in [0.5, 0.6) is 0 Å². The molecule has 4 heteroatoms. The van der Waals surface area contributed by atoms with E-state index < -0.39 is 0 Å². The molecule has 2 fully saturated rings. The first-order valence-corrected chi connectivity index (χ1v) is 7.22. The minimum atomic E-state index is -0.193. The third-order valence-electron chi connectivity index (χ3n) is 4.13. The van der Waals surface area contributed by atoms with E-state index in [2.05, 4.69) is 4.98 Å².